The van der Waals surface area contributed by atoms with Gasteiger partial charge in [0.1, 0.15) is 0 Å². The number of benzene rings is 1. The van der Waals surface area contributed by atoms with Crippen LogP contribution in [0, 0.1) is 0 Å². The highest BCUT2D eigenvalue weighted by molar-refractivity contribution is 6.30. The Morgan fingerprint density at radius 1 is 1.33 bits per heavy atom. The van der Waals surface area contributed by atoms with E-state index in [-0.39, 0.29) is 0 Å². The summed E-state index contributed by atoms with van der Waals surface area (Å²) in [4.78, 5) is 0. The van der Waals surface area contributed by atoms with Gasteiger partial charge in [-0.25, -0.2) is 0 Å². The van der Waals surface area contributed by atoms with E-state index in [1.807, 2.05) is 24.3 Å². The van der Waals surface area contributed by atoms with Crippen LogP contribution in [0.5, 0.6) is 0 Å². The predicted molar refractivity (Wildman–Crippen MR) is 80.8 cm³/mol. The summed E-state index contributed by atoms with van der Waals surface area (Å²) in [7, 11) is 0. The standard InChI is InChI=1S/C17H19Cl/c1-12-6-4-9-17(12)14(3)10-13(2)15-7-5-8-16(18)11-15/h5,7-8,10-11H,2,4,6,9H2,1,3H3/b14-10-. The fourth-order valence-electron chi connectivity index (χ4n) is 2.55. The molecule has 2 rings (SSSR count). The first-order chi connectivity index (χ1) is 8.58. The molecular weight excluding hydrogens is 240 g/mol. The zero-order valence-corrected chi connectivity index (χ0v) is 11.8. The second kappa shape index (κ2) is 5.58. The van der Waals surface area contributed by atoms with Gasteiger partial charge in [0.25, 0.3) is 0 Å². The zero-order chi connectivity index (χ0) is 13.1. The molecule has 0 bridgehead atoms. The van der Waals surface area contributed by atoms with Crippen molar-refractivity contribution >= 4 is 17.2 Å². The molecule has 18 heavy (non-hydrogen) atoms. The molecule has 1 heteroatoms. The Bertz CT molecular complexity index is 532. The van der Waals surface area contributed by atoms with E-state index in [9.17, 15) is 0 Å². The Morgan fingerprint density at radius 3 is 2.72 bits per heavy atom. The predicted octanol–water partition coefficient (Wildman–Crippen LogP) is 5.80. The van der Waals surface area contributed by atoms with Crippen LogP contribution in [0.25, 0.3) is 5.57 Å². The first-order valence-corrected chi connectivity index (χ1v) is 6.78. The van der Waals surface area contributed by atoms with Gasteiger partial charge in [-0.3, -0.25) is 0 Å². The monoisotopic (exact) mass is 258 g/mol. The van der Waals surface area contributed by atoms with Gasteiger partial charge in [-0.1, -0.05) is 42.0 Å². The van der Waals surface area contributed by atoms with Crippen molar-refractivity contribution in [1.82, 2.24) is 0 Å². The highest BCUT2D eigenvalue weighted by atomic mass is 35.5. The fourth-order valence-corrected chi connectivity index (χ4v) is 2.74. The molecule has 0 N–H and O–H groups in total. The van der Waals surface area contributed by atoms with E-state index in [1.165, 1.54) is 36.0 Å². The van der Waals surface area contributed by atoms with Gasteiger partial charge in [0.15, 0.2) is 0 Å². The van der Waals surface area contributed by atoms with Gasteiger partial charge in [-0.15, -0.1) is 0 Å². The summed E-state index contributed by atoms with van der Waals surface area (Å²) >= 11 is 6.00. The molecule has 0 aromatic heterocycles. The third-order valence-electron chi connectivity index (χ3n) is 3.56. The van der Waals surface area contributed by atoms with Crippen LogP contribution >= 0.6 is 11.6 Å². The van der Waals surface area contributed by atoms with Gasteiger partial charge in [0, 0.05) is 5.02 Å². The van der Waals surface area contributed by atoms with Crippen molar-refractivity contribution in [2.75, 3.05) is 0 Å². The summed E-state index contributed by atoms with van der Waals surface area (Å²) in [6.45, 7) is 8.56. The summed E-state index contributed by atoms with van der Waals surface area (Å²) < 4.78 is 0. The third-order valence-corrected chi connectivity index (χ3v) is 3.79. The van der Waals surface area contributed by atoms with Gasteiger partial charge in [-0.05, 0) is 67.5 Å². The summed E-state index contributed by atoms with van der Waals surface area (Å²) in [5.41, 5.74) is 6.51. The Hall–Kier alpha value is -1.27. The lowest BCUT2D eigenvalue weighted by molar-refractivity contribution is 0.895. The van der Waals surface area contributed by atoms with Crippen LogP contribution < -0.4 is 0 Å². The third kappa shape index (κ3) is 2.94. The molecule has 1 aromatic carbocycles. The smallest absolute Gasteiger partial charge is 0.0412 e. The molecule has 0 atom stereocenters. The Morgan fingerprint density at radius 2 is 2.11 bits per heavy atom. The van der Waals surface area contributed by atoms with E-state index >= 15 is 0 Å². The molecule has 1 aliphatic rings. The van der Waals surface area contributed by atoms with Gasteiger partial charge < -0.3 is 0 Å². The minimum absolute atomic E-state index is 0.760. The van der Waals surface area contributed by atoms with Gasteiger partial charge >= 0.3 is 0 Å². The normalized spacial score (nSPS) is 16.3. The second-order valence-electron chi connectivity index (χ2n) is 4.98. The van der Waals surface area contributed by atoms with Gasteiger partial charge in [0.05, 0.1) is 0 Å². The summed E-state index contributed by atoms with van der Waals surface area (Å²) in [6.07, 6.45) is 5.91. The molecule has 0 heterocycles. The van der Waals surface area contributed by atoms with E-state index in [2.05, 4.69) is 26.5 Å². The maximum atomic E-state index is 6.00. The molecule has 0 radical (unpaired) electrons. The van der Waals surface area contributed by atoms with Crippen molar-refractivity contribution in [3.8, 4) is 0 Å². The van der Waals surface area contributed by atoms with Crippen molar-refractivity contribution in [2.24, 2.45) is 0 Å². The van der Waals surface area contributed by atoms with Crippen molar-refractivity contribution in [3.05, 3.63) is 64.2 Å². The van der Waals surface area contributed by atoms with Crippen molar-refractivity contribution in [3.63, 3.8) is 0 Å². The number of rotatable bonds is 3. The van der Waals surface area contributed by atoms with Crippen molar-refractivity contribution in [1.29, 1.82) is 0 Å². The molecule has 0 amide bonds. The average Bonchev–Trinajstić information content (AvgIpc) is 2.75. The maximum Gasteiger partial charge on any atom is 0.0412 e. The molecule has 0 saturated heterocycles. The van der Waals surface area contributed by atoms with Crippen LogP contribution in [0.4, 0.5) is 0 Å². The Balaban J connectivity index is 2.23. The first-order valence-electron chi connectivity index (χ1n) is 6.40. The molecule has 0 nitrogen and oxygen atoms in total. The van der Waals surface area contributed by atoms with Crippen LogP contribution in [-0.4, -0.2) is 0 Å². The number of halogens is 1. The van der Waals surface area contributed by atoms with Crippen LogP contribution in [0.2, 0.25) is 5.02 Å². The Labute approximate surface area is 115 Å². The van der Waals surface area contributed by atoms with Crippen molar-refractivity contribution < 1.29 is 0 Å². The largest absolute Gasteiger partial charge is 0.0911 e. The van der Waals surface area contributed by atoms with Crippen LogP contribution in [0.1, 0.15) is 38.7 Å². The highest BCUT2D eigenvalue weighted by Gasteiger charge is 2.12. The van der Waals surface area contributed by atoms with Gasteiger partial charge in [-0.2, -0.15) is 0 Å². The van der Waals surface area contributed by atoms with Crippen LogP contribution in [0.3, 0.4) is 0 Å². The van der Waals surface area contributed by atoms with Gasteiger partial charge in [0.2, 0.25) is 0 Å². The van der Waals surface area contributed by atoms with Crippen LogP contribution in [-0.2, 0) is 0 Å². The van der Waals surface area contributed by atoms with E-state index in [4.69, 9.17) is 11.6 Å². The minimum atomic E-state index is 0.760. The maximum absolute atomic E-state index is 6.00. The fraction of sp³-hybridized carbons (Fsp3) is 0.294. The second-order valence-corrected chi connectivity index (χ2v) is 5.41. The van der Waals surface area contributed by atoms with E-state index < -0.39 is 0 Å². The number of hydrogen-bond acceptors (Lipinski definition) is 0. The van der Waals surface area contributed by atoms with Crippen LogP contribution in [0.15, 0.2) is 53.6 Å². The number of hydrogen-bond donors (Lipinski definition) is 0. The molecule has 0 aliphatic heterocycles. The van der Waals surface area contributed by atoms with E-state index in [0.29, 0.717) is 0 Å². The molecule has 1 aliphatic carbocycles. The summed E-state index contributed by atoms with van der Waals surface area (Å²) in [6, 6.07) is 7.86. The zero-order valence-electron chi connectivity index (χ0n) is 11.1. The van der Waals surface area contributed by atoms with E-state index in [0.717, 1.165) is 16.2 Å². The minimum Gasteiger partial charge on any atom is -0.0911 e. The topological polar surface area (TPSA) is 0 Å². The molecule has 0 unspecified atom stereocenters. The first kappa shape index (κ1) is 13.2. The quantitative estimate of drug-likeness (QED) is 0.601. The number of allylic oxidation sites excluding steroid dienone is 5. The lowest BCUT2D eigenvalue weighted by Crippen LogP contribution is -1.86. The Kier molecular flexibility index (Phi) is 4.08. The molecule has 1 aromatic rings. The SMILES string of the molecule is C=C(/C=C(/C)C1=C(C)CCC1)c1cccc(Cl)c1. The molecular formula is C17H19Cl. The molecule has 0 fully saturated rings. The summed E-state index contributed by atoms with van der Waals surface area (Å²) in [5, 5.41) is 0.760. The lowest BCUT2D eigenvalue weighted by atomic mass is 9.99. The molecule has 0 saturated carbocycles. The molecule has 94 valence electrons. The lowest BCUT2D eigenvalue weighted by Gasteiger charge is -2.07. The highest BCUT2D eigenvalue weighted by Crippen LogP contribution is 2.32. The van der Waals surface area contributed by atoms with Crippen molar-refractivity contribution in [2.45, 2.75) is 33.1 Å². The molecule has 0 spiro atoms. The van der Waals surface area contributed by atoms with E-state index in [1.54, 1.807) is 0 Å². The summed E-state index contributed by atoms with van der Waals surface area (Å²) in [5.74, 6) is 0. The average molecular weight is 259 g/mol.